The summed E-state index contributed by atoms with van der Waals surface area (Å²) in [6.45, 7) is 0.784. The van der Waals surface area contributed by atoms with Crippen LogP contribution in [0.4, 0.5) is 0 Å². The van der Waals surface area contributed by atoms with Gasteiger partial charge < -0.3 is 0 Å². The molecule has 1 heterocycles. The van der Waals surface area contributed by atoms with Gasteiger partial charge in [-0.1, -0.05) is 38.5 Å². The van der Waals surface area contributed by atoms with Gasteiger partial charge in [0.1, 0.15) is 0 Å². The van der Waals surface area contributed by atoms with Crippen LogP contribution in [0.3, 0.4) is 0 Å². The van der Waals surface area contributed by atoms with Crippen molar-refractivity contribution in [2.24, 2.45) is 5.92 Å². The van der Waals surface area contributed by atoms with Gasteiger partial charge in [0.15, 0.2) is 0 Å². The lowest BCUT2D eigenvalue weighted by molar-refractivity contribution is -0.149. The summed E-state index contributed by atoms with van der Waals surface area (Å²) >= 11 is 3.37. The van der Waals surface area contributed by atoms with Gasteiger partial charge in [0.25, 0.3) is 0 Å². The molecular weight excluding hydrogens is 280 g/mol. The number of hydrogen-bond acceptors (Lipinski definition) is 3. The zero-order valence-corrected chi connectivity index (χ0v) is 11.8. The van der Waals surface area contributed by atoms with Crippen LogP contribution in [0.2, 0.25) is 0 Å². The van der Waals surface area contributed by atoms with Crippen LogP contribution in [0.5, 0.6) is 0 Å². The number of hydroxylamine groups is 1. The molecule has 0 atom stereocenters. The normalized spacial score (nSPS) is 19.1. The van der Waals surface area contributed by atoms with Crippen LogP contribution < -0.4 is 5.43 Å². The highest BCUT2D eigenvalue weighted by atomic mass is 79.9. The summed E-state index contributed by atoms with van der Waals surface area (Å²) in [4.78, 5) is 5.54. The predicted octanol–water partition coefficient (Wildman–Crippen LogP) is 3.85. The largest absolute Gasteiger partial charge is 0.281 e. The number of nitrogens with zero attached hydrogens (tertiary/aromatic N) is 1. The first-order valence-corrected chi connectivity index (χ1v) is 7.36. The van der Waals surface area contributed by atoms with Crippen LogP contribution in [0, 0.1) is 5.92 Å². The molecule has 3 nitrogen and oxygen atoms in total. The smallest absolute Gasteiger partial charge is 0.0770 e. The van der Waals surface area contributed by atoms with Gasteiger partial charge in [-0.3, -0.25) is 10.3 Å². The van der Waals surface area contributed by atoms with Crippen molar-refractivity contribution in [1.82, 2.24) is 10.6 Å². The van der Waals surface area contributed by atoms with E-state index in [-0.39, 0.29) is 0 Å². The van der Waals surface area contributed by atoms with Crippen LogP contribution in [-0.2, 0) is 4.84 Å². The molecule has 0 aromatic rings. The Hall–Kier alpha value is -0.480. The zero-order chi connectivity index (χ0) is 11.9. The minimum Gasteiger partial charge on any atom is -0.281 e. The Morgan fingerprint density at radius 3 is 2.82 bits per heavy atom. The second-order valence-corrected chi connectivity index (χ2v) is 5.70. The van der Waals surface area contributed by atoms with Gasteiger partial charge in [-0.2, -0.15) is 5.17 Å². The number of unbranched alkanes of at least 4 members (excludes halogenated alkanes) is 3. The second-order valence-electron chi connectivity index (χ2n) is 4.78. The lowest BCUT2D eigenvalue weighted by Crippen LogP contribution is -2.31. The average Bonchev–Trinajstić information content (AvgIpc) is 3.14. The highest BCUT2D eigenvalue weighted by Crippen LogP contribution is 2.34. The molecule has 17 heavy (non-hydrogen) atoms. The van der Waals surface area contributed by atoms with Crippen LogP contribution in [-0.4, -0.2) is 11.8 Å². The summed E-state index contributed by atoms with van der Waals surface area (Å²) in [6.07, 6.45) is 15.3. The van der Waals surface area contributed by atoms with Crippen molar-refractivity contribution >= 4 is 15.9 Å². The molecule has 4 heteroatoms. The Kier molecular flexibility index (Phi) is 5.39. The highest BCUT2D eigenvalue weighted by Gasteiger charge is 2.19. The number of hydrazine groups is 1. The molecule has 0 radical (unpaired) electrons. The molecule has 1 aliphatic heterocycles. The Bertz CT molecular complexity index is 287. The highest BCUT2D eigenvalue weighted by molar-refractivity contribution is 9.11. The van der Waals surface area contributed by atoms with E-state index in [4.69, 9.17) is 4.84 Å². The van der Waals surface area contributed by atoms with Crippen molar-refractivity contribution < 1.29 is 4.84 Å². The third-order valence-electron chi connectivity index (χ3n) is 3.13. The molecule has 1 fully saturated rings. The van der Waals surface area contributed by atoms with E-state index in [0.29, 0.717) is 0 Å². The molecular formula is C13H21BrN2O. The van der Waals surface area contributed by atoms with E-state index in [2.05, 4.69) is 21.4 Å². The van der Waals surface area contributed by atoms with E-state index in [1.165, 1.54) is 38.5 Å². The number of nitrogens with one attached hydrogen (secondary N) is 1. The summed E-state index contributed by atoms with van der Waals surface area (Å²) < 4.78 is 1.03. The lowest BCUT2D eigenvalue weighted by atomic mass is 10.1. The predicted molar refractivity (Wildman–Crippen MR) is 72.9 cm³/mol. The second kappa shape index (κ2) is 7.07. The van der Waals surface area contributed by atoms with Crippen LogP contribution >= 0.6 is 15.9 Å². The maximum atomic E-state index is 5.54. The van der Waals surface area contributed by atoms with Gasteiger partial charge >= 0.3 is 0 Å². The molecule has 0 aromatic carbocycles. The third kappa shape index (κ3) is 5.59. The van der Waals surface area contributed by atoms with Crippen LogP contribution in [0.1, 0.15) is 44.9 Å². The van der Waals surface area contributed by atoms with Crippen molar-refractivity contribution in [2.75, 3.05) is 6.61 Å². The standard InChI is InChI=1S/C13H21BrN2O/c14-13-8-9-16(15-11-13)17-10-4-2-1-3-5-12-6-7-12/h8-9,11-12,15H,1-7,10H2. The van der Waals surface area contributed by atoms with E-state index in [9.17, 15) is 0 Å². The molecule has 1 N–H and O–H groups in total. The molecule has 0 spiro atoms. The Morgan fingerprint density at radius 1 is 1.29 bits per heavy atom. The SMILES string of the molecule is BrC1=CNN(OCCCCCCC2CC2)C=C1. The van der Waals surface area contributed by atoms with Gasteiger partial charge in [0, 0.05) is 10.7 Å². The van der Waals surface area contributed by atoms with E-state index in [0.717, 1.165) is 23.4 Å². The number of rotatable bonds is 8. The van der Waals surface area contributed by atoms with Crippen molar-refractivity contribution in [3.05, 3.63) is 23.0 Å². The summed E-state index contributed by atoms with van der Waals surface area (Å²) in [5.41, 5.74) is 3.01. The van der Waals surface area contributed by atoms with Crippen molar-refractivity contribution in [1.29, 1.82) is 0 Å². The van der Waals surface area contributed by atoms with E-state index < -0.39 is 0 Å². The summed E-state index contributed by atoms with van der Waals surface area (Å²) in [7, 11) is 0. The van der Waals surface area contributed by atoms with E-state index >= 15 is 0 Å². The number of halogens is 1. The fourth-order valence-electron chi connectivity index (χ4n) is 1.89. The Balaban J connectivity index is 1.39. The number of allylic oxidation sites excluding steroid dienone is 2. The fourth-order valence-corrected chi connectivity index (χ4v) is 2.11. The Labute approximate surface area is 112 Å². The van der Waals surface area contributed by atoms with E-state index in [1.807, 2.05) is 18.5 Å². The molecule has 2 rings (SSSR count). The lowest BCUT2D eigenvalue weighted by Gasteiger charge is -2.21. The third-order valence-corrected chi connectivity index (χ3v) is 3.63. The van der Waals surface area contributed by atoms with Crippen molar-refractivity contribution in [2.45, 2.75) is 44.9 Å². The topological polar surface area (TPSA) is 24.5 Å². The minimum atomic E-state index is 0.784. The van der Waals surface area contributed by atoms with Gasteiger partial charge in [-0.05, 0) is 34.3 Å². The minimum absolute atomic E-state index is 0.784. The fraction of sp³-hybridized carbons (Fsp3) is 0.692. The summed E-state index contributed by atoms with van der Waals surface area (Å²) in [5.74, 6) is 1.08. The summed E-state index contributed by atoms with van der Waals surface area (Å²) in [6, 6.07) is 0. The van der Waals surface area contributed by atoms with Crippen molar-refractivity contribution in [3.63, 3.8) is 0 Å². The van der Waals surface area contributed by atoms with Gasteiger partial charge in [-0.25, -0.2) is 0 Å². The van der Waals surface area contributed by atoms with Crippen molar-refractivity contribution in [3.8, 4) is 0 Å². The first-order chi connectivity index (χ1) is 8.34. The average molecular weight is 301 g/mol. The maximum Gasteiger partial charge on any atom is 0.0770 e. The maximum absolute atomic E-state index is 5.54. The first kappa shape index (κ1) is 13.0. The molecule has 1 saturated carbocycles. The summed E-state index contributed by atoms with van der Waals surface area (Å²) in [5, 5.41) is 1.65. The van der Waals surface area contributed by atoms with Crippen LogP contribution in [0.15, 0.2) is 23.0 Å². The molecule has 1 aliphatic carbocycles. The molecule has 0 unspecified atom stereocenters. The number of hydrogen-bond donors (Lipinski definition) is 1. The molecule has 0 saturated heterocycles. The van der Waals surface area contributed by atoms with Gasteiger partial charge in [0.2, 0.25) is 0 Å². The van der Waals surface area contributed by atoms with Gasteiger partial charge in [0.05, 0.1) is 12.8 Å². The van der Waals surface area contributed by atoms with E-state index in [1.54, 1.807) is 5.17 Å². The van der Waals surface area contributed by atoms with Gasteiger partial charge in [-0.15, -0.1) is 0 Å². The molecule has 96 valence electrons. The zero-order valence-electron chi connectivity index (χ0n) is 10.2. The molecule has 0 bridgehead atoms. The Morgan fingerprint density at radius 2 is 2.12 bits per heavy atom. The molecule has 2 aliphatic rings. The van der Waals surface area contributed by atoms with Crippen LogP contribution in [0.25, 0.3) is 0 Å². The quantitative estimate of drug-likeness (QED) is 0.689. The molecule has 0 aromatic heterocycles. The first-order valence-electron chi connectivity index (χ1n) is 6.57. The molecule has 0 amide bonds. The monoisotopic (exact) mass is 300 g/mol.